The molecule has 0 bridgehead atoms. The number of hydrogen-bond donors (Lipinski definition) is 0. The van der Waals surface area contributed by atoms with E-state index < -0.39 is 0 Å². The van der Waals surface area contributed by atoms with Gasteiger partial charge in [0, 0.05) is 74.4 Å². The summed E-state index contributed by atoms with van der Waals surface area (Å²) in [6.07, 6.45) is 2.75. The van der Waals surface area contributed by atoms with Crippen molar-refractivity contribution in [2.75, 3.05) is 69.1 Å². The van der Waals surface area contributed by atoms with E-state index in [1.54, 1.807) is 0 Å². The van der Waals surface area contributed by atoms with Crippen LogP contribution in [0.5, 0.6) is 11.5 Å². The van der Waals surface area contributed by atoms with Crippen LogP contribution in [0.15, 0.2) is 18.2 Å². The van der Waals surface area contributed by atoms with Crippen molar-refractivity contribution in [3.63, 3.8) is 0 Å². The molecular formula is C22H33N3O2S2. The van der Waals surface area contributed by atoms with E-state index in [1.165, 1.54) is 80.7 Å². The highest BCUT2D eigenvalue weighted by Gasteiger charge is 2.31. The topological polar surface area (TPSA) is 28.2 Å². The van der Waals surface area contributed by atoms with E-state index in [4.69, 9.17) is 9.47 Å². The summed E-state index contributed by atoms with van der Waals surface area (Å²) in [5.74, 6) is 7.13. The molecule has 0 aromatic heterocycles. The number of piperidine rings is 1. The fraction of sp³-hybridized carbons (Fsp3) is 0.727. The molecule has 4 aliphatic rings. The molecule has 1 atom stereocenters. The Labute approximate surface area is 183 Å². The highest BCUT2D eigenvalue weighted by atomic mass is 32.2. The van der Waals surface area contributed by atoms with Crippen LogP contribution < -0.4 is 9.47 Å². The molecule has 0 spiro atoms. The molecule has 29 heavy (non-hydrogen) atoms. The van der Waals surface area contributed by atoms with Gasteiger partial charge in [0.1, 0.15) is 0 Å². The summed E-state index contributed by atoms with van der Waals surface area (Å²) in [6, 6.07) is 7.93. The molecule has 0 radical (unpaired) electrons. The molecule has 5 rings (SSSR count). The molecular weight excluding hydrogens is 402 g/mol. The largest absolute Gasteiger partial charge is 0.454 e. The third-order valence-electron chi connectivity index (χ3n) is 6.70. The van der Waals surface area contributed by atoms with Crippen LogP contribution >= 0.6 is 23.5 Å². The molecule has 0 N–H and O–H groups in total. The molecule has 0 saturated carbocycles. The molecule has 1 aromatic carbocycles. The van der Waals surface area contributed by atoms with E-state index in [0.29, 0.717) is 6.79 Å². The Balaban J connectivity index is 1.11. The number of piperazine rings is 1. The predicted octanol–water partition coefficient (Wildman–Crippen LogP) is 2.85. The lowest BCUT2D eigenvalue weighted by Crippen LogP contribution is -2.56. The SMILES string of the molecule is c1cc2c(cc1CN1CCN(C3CCCN(C4CSCCSC4)C3)CC1)OCO2. The van der Waals surface area contributed by atoms with Crippen molar-refractivity contribution in [1.82, 2.24) is 14.7 Å². The number of hydrogen-bond acceptors (Lipinski definition) is 7. The summed E-state index contributed by atoms with van der Waals surface area (Å²) in [6.45, 7) is 8.71. The van der Waals surface area contributed by atoms with Gasteiger partial charge in [-0.15, -0.1) is 0 Å². The van der Waals surface area contributed by atoms with Crippen molar-refractivity contribution in [2.24, 2.45) is 0 Å². The average Bonchev–Trinajstić information content (AvgIpc) is 3.06. The molecule has 0 aliphatic carbocycles. The van der Waals surface area contributed by atoms with Gasteiger partial charge in [-0.2, -0.15) is 23.5 Å². The first-order valence-corrected chi connectivity index (χ1v) is 13.4. The van der Waals surface area contributed by atoms with Crippen molar-refractivity contribution in [1.29, 1.82) is 0 Å². The zero-order valence-electron chi connectivity index (χ0n) is 17.3. The second-order valence-electron chi connectivity index (χ2n) is 8.59. The molecule has 4 heterocycles. The molecule has 7 heteroatoms. The number of rotatable bonds is 4. The zero-order valence-corrected chi connectivity index (χ0v) is 18.9. The summed E-state index contributed by atoms with van der Waals surface area (Å²) in [5, 5.41) is 0. The fourth-order valence-electron chi connectivity index (χ4n) is 5.01. The summed E-state index contributed by atoms with van der Waals surface area (Å²) >= 11 is 4.33. The minimum atomic E-state index is 0.355. The number of fused-ring (bicyclic) bond motifs is 1. The van der Waals surface area contributed by atoms with E-state index in [-0.39, 0.29) is 0 Å². The Morgan fingerprint density at radius 1 is 0.862 bits per heavy atom. The van der Waals surface area contributed by atoms with Crippen LogP contribution in [0.25, 0.3) is 0 Å². The fourth-order valence-corrected chi connectivity index (χ4v) is 7.64. The van der Waals surface area contributed by atoms with Gasteiger partial charge in [0.15, 0.2) is 11.5 Å². The van der Waals surface area contributed by atoms with Crippen molar-refractivity contribution in [3.05, 3.63) is 23.8 Å². The normalized spacial score (nSPS) is 27.8. The number of likely N-dealkylation sites (tertiary alicyclic amines) is 1. The average molecular weight is 436 g/mol. The minimum Gasteiger partial charge on any atom is -0.454 e. The Bertz CT molecular complexity index is 676. The van der Waals surface area contributed by atoms with Gasteiger partial charge in [0.05, 0.1) is 0 Å². The molecule has 3 fully saturated rings. The van der Waals surface area contributed by atoms with Gasteiger partial charge < -0.3 is 9.47 Å². The van der Waals surface area contributed by atoms with E-state index in [2.05, 4.69) is 56.4 Å². The van der Waals surface area contributed by atoms with Crippen LogP contribution in [0.1, 0.15) is 18.4 Å². The first kappa shape index (κ1) is 20.3. The van der Waals surface area contributed by atoms with Crippen molar-refractivity contribution in [2.45, 2.75) is 31.5 Å². The Hall–Kier alpha value is -0.600. The summed E-state index contributed by atoms with van der Waals surface area (Å²) in [7, 11) is 0. The highest BCUT2D eigenvalue weighted by molar-refractivity contribution is 8.03. The van der Waals surface area contributed by atoms with Crippen LogP contribution in [-0.4, -0.2) is 95.9 Å². The maximum Gasteiger partial charge on any atom is 0.231 e. The zero-order chi connectivity index (χ0) is 19.5. The molecule has 3 saturated heterocycles. The van der Waals surface area contributed by atoms with Crippen LogP contribution in [0.2, 0.25) is 0 Å². The summed E-state index contributed by atoms with van der Waals surface area (Å²) in [4.78, 5) is 8.19. The van der Waals surface area contributed by atoms with Crippen molar-refractivity contribution < 1.29 is 9.47 Å². The van der Waals surface area contributed by atoms with Gasteiger partial charge in [-0.25, -0.2) is 0 Å². The van der Waals surface area contributed by atoms with Gasteiger partial charge in [0.25, 0.3) is 0 Å². The van der Waals surface area contributed by atoms with Gasteiger partial charge in [-0.05, 0) is 37.1 Å². The lowest BCUT2D eigenvalue weighted by atomic mass is 10.0. The van der Waals surface area contributed by atoms with Crippen LogP contribution in [0, 0.1) is 0 Å². The number of ether oxygens (including phenoxy) is 2. The Morgan fingerprint density at radius 2 is 1.66 bits per heavy atom. The van der Waals surface area contributed by atoms with E-state index in [0.717, 1.165) is 30.1 Å². The van der Waals surface area contributed by atoms with Crippen molar-refractivity contribution >= 4 is 23.5 Å². The third kappa shape index (κ3) is 5.01. The predicted molar refractivity (Wildman–Crippen MR) is 122 cm³/mol. The molecule has 5 nitrogen and oxygen atoms in total. The van der Waals surface area contributed by atoms with Gasteiger partial charge in [-0.1, -0.05) is 6.07 Å². The number of thioether (sulfide) groups is 2. The molecule has 4 aliphatic heterocycles. The molecule has 1 unspecified atom stereocenters. The van der Waals surface area contributed by atoms with E-state index in [9.17, 15) is 0 Å². The number of nitrogens with zero attached hydrogens (tertiary/aromatic N) is 3. The minimum absolute atomic E-state index is 0.355. The first-order chi connectivity index (χ1) is 14.3. The first-order valence-electron chi connectivity index (χ1n) is 11.1. The molecule has 160 valence electrons. The van der Waals surface area contributed by atoms with E-state index >= 15 is 0 Å². The second kappa shape index (κ2) is 9.69. The second-order valence-corrected chi connectivity index (χ2v) is 10.9. The molecule has 1 aromatic rings. The highest BCUT2D eigenvalue weighted by Crippen LogP contribution is 2.33. The van der Waals surface area contributed by atoms with Gasteiger partial charge in [-0.3, -0.25) is 14.7 Å². The lowest BCUT2D eigenvalue weighted by molar-refractivity contribution is 0.0421. The van der Waals surface area contributed by atoms with Crippen LogP contribution in [0.4, 0.5) is 0 Å². The Kier molecular flexibility index (Phi) is 6.78. The number of benzene rings is 1. The maximum absolute atomic E-state index is 5.54. The standard InChI is InChI=1S/C22H33N3O2S2/c1-2-19(14-25(5-1)20-15-28-10-11-29-16-20)24-8-6-23(7-9-24)13-18-3-4-21-22(12-18)27-17-26-21/h3-4,12,19-20H,1-2,5-11,13-17H2. The Morgan fingerprint density at radius 3 is 2.48 bits per heavy atom. The van der Waals surface area contributed by atoms with E-state index in [1.807, 2.05) is 0 Å². The smallest absolute Gasteiger partial charge is 0.231 e. The van der Waals surface area contributed by atoms with Crippen molar-refractivity contribution in [3.8, 4) is 11.5 Å². The lowest BCUT2D eigenvalue weighted by Gasteiger charge is -2.45. The summed E-state index contributed by atoms with van der Waals surface area (Å²) in [5.41, 5.74) is 1.33. The monoisotopic (exact) mass is 435 g/mol. The van der Waals surface area contributed by atoms with Gasteiger partial charge in [0.2, 0.25) is 6.79 Å². The van der Waals surface area contributed by atoms with Crippen LogP contribution in [0.3, 0.4) is 0 Å². The van der Waals surface area contributed by atoms with Crippen LogP contribution in [-0.2, 0) is 6.54 Å². The quantitative estimate of drug-likeness (QED) is 0.718. The van der Waals surface area contributed by atoms with Gasteiger partial charge >= 0.3 is 0 Å². The molecule has 0 amide bonds. The maximum atomic E-state index is 5.54. The summed E-state index contributed by atoms with van der Waals surface area (Å²) < 4.78 is 11.0. The third-order valence-corrected chi connectivity index (χ3v) is 9.19.